The van der Waals surface area contributed by atoms with Crippen LogP contribution in [0, 0.1) is 0 Å². The summed E-state index contributed by atoms with van der Waals surface area (Å²) >= 11 is 0. The fraction of sp³-hybridized carbons (Fsp3) is 0.643. The highest BCUT2D eigenvalue weighted by atomic mass is 16.5. The molecule has 100 valence electrons. The number of nitrogens with two attached hydrogens (primary N) is 1. The number of hydrogen-bond acceptors (Lipinski definition) is 4. The minimum Gasteiger partial charge on any atom is -0.374 e. The van der Waals surface area contributed by atoms with Crippen molar-refractivity contribution in [2.24, 2.45) is 5.73 Å². The van der Waals surface area contributed by atoms with E-state index < -0.39 is 0 Å². The lowest BCUT2D eigenvalue weighted by Crippen LogP contribution is -2.53. The van der Waals surface area contributed by atoms with Gasteiger partial charge in [0.25, 0.3) is 0 Å². The molecule has 0 spiro atoms. The van der Waals surface area contributed by atoms with Crippen molar-refractivity contribution in [3.8, 4) is 0 Å². The van der Waals surface area contributed by atoms with Crippen LogP contribution in [0.25, 0.3) is 0 Å². The van der Waals surface area contributed by atoms with E-state index in [2.05, 4.69) is 23.7 Å². The zero-order valence-electron chi connectivity index (χ0n) is 11.2. The van der Waals surface area contributed by atoms with Gasteiger partial charge in [-0.1, -0.05) is 0 Å². The SMILES string of the molecule is CC(C)N1CCOC(C(N)Cc2ccncc2)C1. The Morgan fingerprint density at radius 2 is 2.17 bits per heavy atom. The molecule has 0 aromatic carbocycles. The molecule has 0 amide bonds. The maximum atomic E-state index is 6.27. The lowest BCUT2D eigenvalue weighted by molar-refractivity contribution is -0.0495. The fourth-order valence-electron chi connectivity index (χ4n) is 2.35. The summed E-state index contributed by atoms with van der Waals surface area (Å²) in [6, 6.07) is 4.64. The second-order valence-corrected chi connectivity index (χ2v) is 5.22. The highest BCUT2D eigenvalue weighted by Crippen LogP contribution is 2.13. The summed E-state index contributed by atoms with van der Waals surface area (Å²) in [4.78, 5) is 6.45. The molecule has 4 nitrogen and oxygen atoms in total. The van der Waals surface area contributed by atoms with Crippen molar-refractivity contribution >= 4 is 0 Å². The third-order valence-electron chi connectivity index (χ3n) is 3.55. The first kappa shape index (κ1) is 13.5. The molecule has 2 heterocycles. The number of nitrogens with zero attached hydrogens (tertiary/aromatic N) is 2. The van der Waals surface area contributed by atoms with Gasteiger partial charge < -0.3 is 10.5 Å². The minimum atomic E-state index is 0.0500. The minimum absolute atomic E-state index is 0.0500. The molecule has 1 aromatic rings. The Morgan fingerprint density at radius 1 is 1.44 bits per heavy atom. The van der Waals surface area contributed by atoms with Crippen molar-refractivity contribution in [3.63, 3.8) is 0 Å². The third-order valence-corrected chi connectivity index (χ3v) is 3.55. The van der Waals surface area contributed by atoms with Crippen LogP contribution < -0.4 is 5.73 Å². The van der Waals surface area contributed by atoms with Gasteiger partial charge in [-0.2, -0.15) is 0 Å². The van der Waals surface area contributed by atoms with Gasteiger partial charge in [0.15, 0.2) is 0 Å². The fourth-order valence-corrected chi connectivity index (χ4v) is 2.35. The number of ether oxygens (including phenoxy) is 1. The second kappa shape index (κ2) is 6.27. The normalized spacial score (nSPS) is 23.2. The van der Waals surface area contributed by atoms with E-state index in [4.69, 9.17) is 10.5 Å². The molecule has 1 saturated heterocycles. The molecular formula is C14H23N3O. The largest absolute Gasteiger partial charge is 0.374 e. The monoisotopic (exact) mass is 249 g/mol. The van der Waals surface area contributed by atoms with Gasteiger partial charge in [0.2, 0.25) is 0 Å². The third kappa shape index (κ3) is 3.51. The highest BCUT2D eigenvalue weighted by Gasteiger charge is 2.26. The summed E-state index contributed by atoms with van der Waals surface area (Å²) in [5.74, 6) is 0. The van der Waals surface area contributed by atoms with E-state index in [1.165, 1.54) is 5.56 Å². The summed E-state index contributed by atoms with van der Waals surface area (Å²) in [6.07, 6.45) is 4.60. The molecule has 2 rings (SSSR count). The number of pyridine rings is 1. The standard InChI is InChI=1S/C14H23N3O/c1-11(2)17-7-8-18-14(10-17)13(15)9-12-3-5-16-6-4-12/h3-6,11,13-14H,7-10,15H2,1-2H3. The molecule has 2 unspecified atom stereocenters. The molecule has 0 bridgehead atoms. The number of morpholine rings is 1. The van der Waals surface area contributed by atoms with Crippen LogP contribution in [0.4, 0.5) is 0 Å². The van der Waals surface area contributed by atoms with Crippen molar-refractivity contribution in [3.05, 3.63) is 30.1 Å². The van der Waals surface area contributed by atoms with E-state index >= 15 is 0 Å². The Hall–Kier alpha value is -0.970. The van der Waals surface area contributed by atoms with Gasteiger partial charge in [0, 0.05) is 37.6 Å². The summed E-state index contributed by atoms with van der Waals surface area (Å²) in [6.45, 7) is 7.17. The van der Waals surface area contributed by atoms with Crippen LogP contribution >= 0.6 is 0 Å². The molecule has 1 aliphatic heterocycles. The van der Waals surface area contributed by atoms with Crippen LogP contribution in [0.2, 0.25) is 0 Å². The van der Waals surface area contributed by atoms with Crippen molar-refractivity contribution in [1.29, 1.82) is 0 Å². The van der Waals surface area contributed by atoms with E-state index in [-0.39, 0.29) is 12.1 Å². The number of rotatable bonds is 4. The van der Waals surface area contributed by atoms with Crippen molar-refractivity contribution in [1.82, 2.24) is 9.88 Å². The Bertz CT molecular complexity index is 355. The molecule has 1 aliphatic rings. The Kier molecular flexibility index (Phi) is 4.69. The lowest BCUT2D eigenvalue weighted by Gasteiger charge is -2.37. The van der Waals surface area contributed by atoms with Gasteiger partial charge in [-0.3, -0.25) is 9.88 Å². The zero-order chi connectivity index (χ0) is 13.0. The molecule has 1 fully saturated rings. The predicted molar refractivity (Wildman–Crippen MR) is 72.4 cm³/mol. The summed E-state index contributed by atoms with van der Waals surface area (Å²) in [5, 5.41) is 0. The average Bonchev–Trinajstić information content (AvgIpc) is 2.40. The molecule has 2 atom stereocenters. The maximum Gasteiger partial charge on any atom is 0.0856 e. The van der Waals surface area contributed by atoms with E-state index in [9.17, 15) is 0 Å². The van der Waals surface area contributed by atoms with Crippen LogP contribution in [0.5, 0.6) is 0 Å². The van der Waals surface area contributed by atoms with Crippen molar-refractivity contribution in [2.75, 3.05) is 19.7 Å². The van der Waals surface area contributed by atoms with Crippen LogP contribution in [0.1, 0.15) is 19.4 Å². The van der Waals surface area contributed by atoms with Crippen molar-refractivity contribution < 1.29 is 4.74 Å². The Labute approximate surface area is 109 Å². The van der Waals surface area contributed by atoms with E-state index in [1.807, 2.05) is 24.5 Å². The van der Waals surface area contributed by atoms with Crippen LogP contribution in [0.15, 0.2) is 24.5 Å². The molecular weight excluding hydrogens is 226 g/mol. The van der Waals surface area contributed by atoms with Gasteiger partial charge in [-0.25, -0.2) is 0 Å². The van der Waals surface area contributed by atoms with E-state index in [0.29, 0.717) is 6.04 Å². The van der Waals surface area contributed by atoms with Crippen LogP contribution in [0.3, 0.4) is 0 Å². The maximum absolute atomic E-state index is 6.27. The Balaban J connectivity index is 1.90. The molecule has 1 aromatic heterocycles. The summed E-state index contributed by atoms with van der Waals surface area (Å²) < 4.78 is 5.81. The first-order chi connectivity index (χ1) is 8.66. The van der Waals surface area contributed by atoms with Crippen LogP contribution in [-0.4, -0.2) is 47.8 Å². The van der Waals surface area contributed by atoms with Gasteiger partial charge in [-0.05, 0) is 38.0 Å². The van der Waals surface area contributed by atoms with E-state index in [1.54, 1.807) is 0 Å². The Morgan fingerprint density at radius 3 is 2.83 bits per heavy atom. The quantitative estimate of drug-likeness (QED) is 0.867. The smallest absolute Gasteiger partial charge is 0.0856 e. The summed E-state index contributed by atoms with van der Waals surface area (Å²) in [5.41, 5.74) is 7.50. The summed E-state index contributed by atoms with van der Waals surface area (Å²) in [7, 11) is 0. The average molecular weight is 249 g/mol. The number of aromatic nitrogens is 1. The van der Waals surface area contributed by atoms with Gasteiger partial charge in [-0.15, -0.1) is 0 Å². The highest BCUT2D eigenvalue weighted by molar-refractivity contribution is 5.11. The van der Waals surface area contributed by atoms with E-state index in [0.717, 1.165) is 26.1 Å². The van der Waals surface area contributed by atoms with Crippen molar-refractivity contribution in [2.45, 2.75) is 38.5 Å². The molecule has 0 aliphatic carbocycles. The topological polar surface area (TPSA) is 51.4 Å². The molecule has 4 heteroatoms. The molecule has 2 N–H and O–H groups in total. The first-order valence-electron chi connectivity index (χ1n) is 6.67. The van der Waals surface area contributed by atoms with Crippen LogP contribution in [-0.2, 0) is 11.2 Å². The van der Waals surface area contributed by atoms with Gasteiger partial charge in [0.1, 0.15) is 0 Å². The number of hydrogen-bond donors (Lipinski definition) is 1. The van der Waals surface area contributed by atoms with Gasteiger partial charge >= 0.3 is 0 Å². The zero-order valence-corrected chi connectivity index (χ0v) is 11.2. The molecule has 18 heavy (non-hydrogen) atoms. The lowest BCUT2D eigenvalue weighted by atomic mass is 10.0. The predicted octanol–water partition coefficient (Wildman–Crippen LogP) is 1.06. The molecule has 0 radical (unpaired) electrons. The van der Waals surface area contributed by atoms with Gasteiger partial charge in [0.05, 0.1) is 12.7 Å². The molecule has 0 saturated carbocycles. The second-order valence-electron chi connectivity index (χ2n) is 5.22. The first-order valence-corrected chi connectivity index (χ1v) is 6.67.